The highest BCUT2D eigenvalue weighted by atomic mass is 16.5. The molecule has 43 heavy (non-hydrogen) atoms. The maximum Gasteiger partial charge on any atom is 0.137 e. The Hall–Kier alpha value is -4.30. The first-order chi connectivity index (χ1) is 21.0. The van der Waals surface area contributed by atoms with Crippen molar-refractivity contribution in [2.45, 2.75) is 59.4 Å². The molecule has 0 saturated heterocycles. The SMILES string of the molecule is C=CC/C=C\C=C1\Oc2c(cccc2-c2ccc(C(/C=C\C(C)N(C)/C=C/C)=C/CC)cc2C2=CCC=CC=C2)CC1C. The van der Waals surface area contributed by atoms with Crippen molar-refractivity contribution in [2.24, 2.45) is 5.92 Å². The second-order valence-electron chi connectivity index (χ2n) is 11.3. The molecule has 4 rings (SSSR count). The standard InChI is InChI=1S/C41H47NO/c1-7-10-11-16-23-40-31(4)29-36-21-17-22-38(41(36)43-40)37-27-26-35(30-39(37)34-19-14-12-13-15-20-34)33(18-8-2)25-24-32(5)42(6)28-9-3/h7,9,11-14,16-28,30-32H,1,8,10,15,29H2,2-6H3/b16-11-,25-24-,28-9+,33-18+,40-23+. The van der Waals surface area contributed by atoms with Gasteiger partial charge in [0.2, 0.25) is 0 Å². The van der Waals surface area contributed by atoms with E-state index >= 15 is 0 Å². The van der Waals surface area contributed by atoms with Gasteiger partial charge in [-0.05, 0) is 91.3 Å². The molecule has 0 aromatic heterocycles. The monoisotopic (exact) mass is 569 g/mol. The third kappa shape index (κ3) is 8.17. The number of hydrogen-bond acceptors (Lipinski definition) is 2. The molecule has 0 amide bonds. The van der Waals surface area contributed by atoms with Crippen LogP contribution in [0.4, 0.5) is 0 Å². The van der Waals surface area contributed by atoms with E-state index in [2.05, 4.69) is 162 Å². The average molecular weight is 570 g/mol. The lowest BCUT2D eigenvalue weighted by Gasteiger charge is -2.28. The molecule has 2 nitrogen and oxygen atoms in total. The topological polar surface area (TPSA) is 12.5 Å². The van der Waals surface area contributed by atoms with Crippen molar-refractivity contribution in [3.05, 3.63) is 151 Å². The Morgan fingerprint density at radius 2 is 2.00 bits per heavy atom. The van der Waals surface area contributed by atoms with Gasteiger partial charge in [0.15, 0.2) is 0 Å². The number of allylic oxidation sites excluding steroid dienone is 15. The first-order valence-corrected chi connectivity index (χ1v) is 15.7. The number of hydrogen-bond donors (Lipinski definition) is 0. The maximum atomic E-state index is 6.70. The Balaban J connectivity index is 1.81. The molecule has 2 aromatic rings. The van der Waals surface area contributed by atoms with Crippen LogP contribution in [0.3, 0.4) is 0 Å². The molecule has 2 unspecified atom stereocenters. The van der Waals surface area contributed by atoms with E-state index in [0.717, 1.165) is 42.8 Å². The molecule has 2 aliphatic rings. The Morgan fingerprint density at radius 1 is 1.14 bits per heavy atom. The van der Waals surface area contributed by atoms with Gasteiger partial charge in [-0.3, -0.25) is 0 Å². The van der Waals surface area contributed by atoms with Gasteiger partial charge in [-0.2, -0.15) is 0 Å². The number of nitrogens with zero attached hydrogens (tertiary/aromatic N) is 1. The van der Waals surface area contributed by atoms with Crippen molar-refractivity contribution >= 4 is 11.1 Å². The normalized spacial score (nSPS) is 18.6. The van der Waals surface area contributed by atoms with E-state index in [0.29, 0.717) is 5.92 Å². The molecular formula is C41H47NO. The van der Waals surface area contributed by atoms with Crippen molar-refractivity contribution in [2.75, 3.05) is 7.05 Å². The summed E-state index contributed by atoms with van der Waals surface area (Å²) in [6.45, 7) is 12.5. The summed E-state index contributed by atoms with van der Waals surface area (Å²) in [6, 6.07) is 13.8. The first kappa shape index (κ1) is 31.6. The first-order valence-electron chi connectivity index (χ1n) is 15.7. The fourth-order valence-corrected chi connectivity index (χ4v) is 5.49. The van der Waals surface area contributed by atoms with Crippen LogP contribution in [-0.4, -0.2) is 18.0 Å². The Kier molecular flexibility index (Phi) is 11.6. The van der Waals surface area contributed by atoms with Crippen LogP contribution in [0.1, 0.15) is 63.6 Å². The number of ether oxygens (including phenoxy) is 1. The average Bonchev–Trinajstić information content (AvgIpc) is 3.31. The molecule has 2 heteroatoms. The third-order valence-electron chi connectivity index (χ3n) is 7.98. The van der Waals surface area contributed by atoms with Gasteiger partial charge in [-0.15, -0.1) is 6.58 Å². The number of fused-ring (bicyclic) bond motifs is 1. The smallest absolute Gasteiger partial charge is 0.137 e. The van der Waals surface area contributed by atoms with Gasteiger partial charge in [-0.25, -0.2) is 0 Å². The van der Waals surface area contributed by atoms with Crippen LogP contribution in [0.25, 0.3) is 22.3 Å². The summed E-state index contributed by atoms with van der Waals surface area (Å²) in [4.78, 5) is 2.22. The molecular weight excluding hydrogens is 522 g/mol. The predicted octanol–water partition coefficient (Wildman–Crippen LogP) is 11.0. The highest BCUT2D eigenvalue weighted by Crippen LogP contribution is 2.43. The van der Waals surface area contributed by atoms with Crippen molar-refractivity contribution in [3.63, 3.8) is 0 Å². The lowest BCUT2D eigenvalue weighted by molar-refractivity contribution is 0.328. The zero-order valence-corrected chi connectivity index (χ0v) is 26.6. The zero-order chi connectivity index (χ0) is 30.6. The molecule has 0 radical (unpaired) electrons. The quantitative estimate of drug-likeness (QED) is 0.197. The van der Waals surface area contributed by atoms with Crippen LogP contribution in [0, 0.1) is 5.92 Å². The Bertz CT molecular complexity index is 1520. The molecule has 0 bridgehead atoms. The van der Waals surface area contributed by atoms with Gasteiger partial charge in [0, 0.05) is 24.6 Å². The molecule has 0 saturated carbocycles. The lowest BCUT2D eigenvalue weighted by atomic mass is 9.87. The summed E-state index contributed by atoms with van der Waals surface area (Å²) in [5, 5.41) is 0. The number of rotatable bonds is 11. The van der Waals surface area contributed by atoms with Crippen molar-refractivity contribution < 1.29 is 4.74 Å². The van der Waals surface area contributed by atoms with E-state index in [9.17, 15) is 0 Å². The van der Waals surface area contributed by atoms with Gasteiger partial charge in [0.25, 0.3) is 0 Å². The van der Waals surface area contributed by atoms with Crippen molar-refractivity contribution in [1.82, 2.24) is 4.90 Å². The van der Waals surface area contributed by atoms with Gasteiger partial charge >= 0.3 is 0 Å². The van der Waals surface area contributed by atoms with E-state index < -0.39 is 0 Å². The lowest BCUT2D eigenvalue weighted by Crippen LogP contribution is -2.21. The minimum absolute atomic E-state index is 0.290. The van der Waals surface area contributed by atoms with Crippen molar-refractivity contribution in [1.29, 1.82) is 0 Å². The summed E-state index contributed by atoms with van der Waals surface area (Å²) in [5.41, 5.74) is 8.49. The summed E-state index contributed by atoms with van der Waals surface area (Å²) in [5.74, 6) is 2.30. The van der Waals surface area contributed by atoms with Gasteiger partial charge in [-0.1, -0.05) is 117 Å². The van der Waals surface area contributed by atoms with Crippen LogP contribution in [-0.2, 0) is 6.42 Å². The summed E-state index contributed by atoms with van der Waals surface area (Å²) in [7, 11) is 2.12. The predicted molar refractivity (Wildman–Crippen MR) is 188 cm³/mol. The van der Waals surface area contributed by atoms with Crippen LogP contribution in [0.5, 0.6) is 5.75 Å². The van der Waals surface area contributed by atoms with E-state index in [1.54, 1.807) is 0 Å². The minimum Gasteiger partial charge on any atom is -0.460 e. The fraction of sp³-hybridized carbons (Fsp3) is 0.268. The summed E-state index contributed by atoms with van der Waals surface area (Å²) in [6.07, 6.45) is 34.0. The highest BCUT2D eigenvalue weighted by Gasteiger charge is 2.25. The van der Waals surface area contributed by atoms with Gasteiger partial charge in [0.1, 0.15) is 11.5 Å². The van der Waals surface area contributed by atoms with E-state index in [1.165, 1.54) is 33.4 Å². The van der Waals surface area contributed by atoms with Crippen LogP contribution in [0.2, 0.25) is 0 Å². The van der Waals surface area contributed by atoms with Gasteiger partial charge in [0.05, 0.1) is 0 Å². The summed E-state index contributed by atoms with van der Waals surface area (Å²) >= 11 is 0. The minimum atomic E-state index is 0.290. The zero-order valence-electron chi connectivity index (χ0n) is 26.6. The molecule has 1 heterocycles. The molecule has 2 atom stereocenters. The van der Waals surface area contributed by atoms with Gasteiger partial charge < -0.3 is 9.64 Å². The molecule has 0 spiro atoms. The third-order valence-corrected chi connectivity index (χ3v) is 7.98. The second-order valence-corrected chi connectivity index (χ2v) is 11.3. The number of benzene rings is 2. The second kappa shape index (κ2) is 15.8. The van der Waals surface area contributed by atoms with E-state index in [4.69, 9.17) is 4.74 Å². The molecule has 222 valence electrons. The van der Waals surface area contributed by atoms with Crippen LogP contribution in [0.15, 0.2) is 134 Å². The van der Waals surface area contributed by atoms with Crippen LogP contribution < -0.4 is 4.74 Å². The van der Waals surface area contributed by atoms with E-state index in [1.807, 2.05) is 6.08 Å². The Morgan fingerprint density at radius 3 is 2.79 bits per heavy atom. The summed E-state index contributed by atoms with van der Waals surface area (Å²) < 4.78 is 6.70. The molecule has 0 fully saturated rings. The molecule has 1 aliphatic carbocycles. The maximum absolute atomic E-state index is 6.70. The fourth-order valence-electron chi connectivity index (χ4n) is 5.49. The number of para-hydroxylation sites is 1. The highest BCUT2D eigenvalue weighted by molar-refractivity contribution is 5.91. The molecule has 2 aromatic carbocycles. The van der Waals surface area contributed by atoms with Crippen molar-refractivity contribution in [3.8, 4) is 16.9 Å². The Labute approximate surface area is 260 Å². The molecule has 0 N–H and O–H groups in total. The largest absolute Gasteiger partial charge is 0.460 e. The van der Waals surface area contributed by atoms with Crippen LogP contribution >= 0.6 is 0 Å². The molecule has 1 aliphatic heterocycles. The number of likely N-dealkylation sites (N-methyl/N-ethyl adjacent to an activating group) is 1. The van der Waals surface area contributed by atoms with E-state index in [-0.39, 0.29) is 6.04 Å².